The van der Waals surface area contributed by atoms with Gasteiger partial charge in [-0.1, -0.05) is 49.6 Å². The van der Waals surface area contributed by atoms with Crippen LogP contribution in [0.25, 0.3) is 0 Å². The lowest BCUT2D eigenvalue weighted by Gasteiger charge is -2.31. The Hall–Kier alpha value is -1.55. The number of carbonyl (C=O) groups is 1. The van der Waals surface area contributed by atoms with Crippen molar-refractivity contribution < 1.29 is 9.53 Å². The van der Waals surface area contributed by atoms with Crippen LogP contribution in [-0.4, -0.2) is 43.8 Å². The van der Waals surface area contributed by atoms with E-state index in [1.54, 1.807) is 0 Å². The number of hydrogen-bond donors (Lipinski definition) is 1. The van der Waals surface area contributed by atoms with E-state index in [1.165, 1.54) is 24.8 Å². The lowest BCUT2D eigenvalue weighted by Crippen LogP contribution is -2.44. The maximum atomic E-state index is 12.1. The van der Waals surface area contributed by atoms with Crippen molar-refractivity contribution in [1.29, 1.82) is 0 Å². The van der Waals surface area contributed by atoms with E-state index in [0.29, 0.717) is 19.2 Å². The normalized spacial score (nSPS) is 15.3. The van der Waals surface area contributed by atoms with Gasteiger partial charge in [-0.3, -0.25) is 0 Å². The van der Waals surface area contributed by atoms with Gasteiger partial charge in [0.05, 0.1) is 6.61 Å². The molecule has 1 N–H and O–H groups in total. The molecule has 4 heteroatoms. The molecule has 1 fully saturated rings. The molecule has 2 rings (SSSR count). The van der Waals surface area contributed by atoms with Crippen LogP contribution in [0.4, 0.5) is 4.79 Å². The van der Waals surface area contributed by atoms with Gasteiger partial charge in [0.1, 0.15) is 0 Å². The van der Waals surface area contributed by atoms with Crippen LogP contribution in [-0.2, 0) is 11.2 Å². The largest absolute Gasteiger partial charge is 0.381 e. The molecule has 1 aliphatic carbocycles. The van der Waals surface area contributed by atoms with E-state index in [2.05, 4.69) is 17.4 Å². The van der Waals surface area contributed by atoms with E-state index in [9.17, 15) is 4.79 Å². The van der Waals surface area contributed by atoms with Crippen molar-refractivity contribution >= 4 is 6.03 Å². The van der Waals surface area contributed by atoms with Gasteiger partial charge in [0.2, 0.25) is 0 Å². The van der Waals surface area contributed by atoms with Crippen LogP contribution in [0.3, 0.4) is 0 Å². The molecule has 0 bridgehead atoms. The van der Waals surface area contributed by atoms with Crippen molar-refractivity contribution in [3.8, 4) is 0 Å². The molecule has 4 nitrogen and oxygen atoms in total. The van der Waals surface area contributed by atoms with Crippen LogP contribution < -0.4 is 5.32 Å². The lowest BCUT2D eigenvalue weighted by atomic mass is 9.95. The molecule has 1 aromatic carbocycles. The van der Waals surface area contributed by atoms with E-state index < -0.39 is 0 Å². The van der Waals surface area contributed by atoms with Crippen molar-refractivity contribution in [3.63, 3.8) is 0 Å². The maximum absolute atomic E-state index is 12.1. The third-order valence-corrected chi connectivity index (χ3v) is 4.56. The van der Waals surface area contributed by atoms with Gasteiger partial charge in [0, 0.05) is 26.2 Å². The van der Waals surface area contributed by atoms with Crippen LogP contribution in [0.2, 0.25) is 0 Å². The van der Waals surface area contributed by atoms with Gasteiger partial charge in [-0.25, -0.2) is 4.79 Å². The Kier molecular flexibility index (Phi) is 7.95. The molecule has 0 heterocycles. The first kappa shape index (κ1) is 17.8. The molecular formula is C19H30N2O2. The van der Waals surface area contributed by atoms with Gasteiger partial charge < -0.3 is 15.0 Å². The number of amides is 2. The maximum Gasteiger partial charge on any atom is 0.317 e. The summed E-state index contributed by atoms with van der Waals surface area (Å²) < 4.78 is 5.63. The SMILES string of the molecule is CN(C(=O)NCCCOCCc1ccccc1)C1CCCCC1. The van der Waals surface area contributed by atoms with E-state index >= 15 is 0 Å². The highest BCUT2D eigenvalue weighted by atomic mass is 16.5. The molecule has 0 saturated heterocycles. The van der Waals surface area contributed by atoms with Crippen molar-refractivity contribution in [2.24, 2.45) is 0 Å². The average molecular weight is 318 g/mol. The first-order chi connectivity index (χ1) is 11.3. The van der Waals surface area contributed by atoms with Crippen LogP contribution in [0, 0.1) is 0 Å². The predicted octanol–water partition coefficient (Wildman–Crippen LogP) is 3.61. The summed E-state index contributed by atoms with van der Waals surface area (Å²) in [5.74, 6) is 0. The van der Waals surface area contributed by atoms with Gasteiger partial charge >= 0.3 is 6.03 Å². The van der Waals surface area contributed by atoms with Crippen LogP contribution in [0.1, 0.15) is 44.1 Å². The number of urea groups is 1. The first-order valence-corrected chi connectivity index (χ1v) is 8.89. The van der Waals surface area contributed by atoms with Crippen molar-refractivity contribution in [3.05, 3.63) is 35.9 Å². The fraction of sp³-hybridized carbons (Fsp3) is 0.632. The fourth-order valence-corrected chi connectivity index (χ4v) is 3.07. The molecule has 1 saturated carbocycles. The summed E-state index contributed by atoms with van der Waals surface area (Å²) in [6.45, 7) is 2.11. The summed E-state index contributed by atoms with van der Waals surface area (Å²) in [6.07, 6.45) is 7.90. The minimum atomic E-state index is 0.0567. The second kappa shape index (κ2) is 10.3. The third kappa shape index (κ3) is 6.61. The van der Waals surface area contributed by atoms with E-state index in [0.717, 1.165) is 32.3 Å². The van der Waals surface area contributed by atoms with E-state index in [-0.39, 0.29) is 6.03 Å². The molecule has 128 valence electrons. The van der Waals surface area contributed by atoms with Crippen molar-refractivity contribution in [2.75, 3.05) is 26.8 Å². The predicted molar refractivity (Wildman–Crippen MR) is 93.6 cm³/mol. The summed E-state index contributed by atoms with van der Waals surface area (Å²) in [6, 6.07) is 10.8. The second-order valence-corrected chi connectivity index (χ2v) is 6.34. The Morgan fingerprint density at radius 3 is 2.65 bits per heavy atom. The summed E-state index contributed by atoms with van der Waals surface area (Å²) in [5.41, 5.74) is 1.30. The van der Waals surface area contributed by atoms with Crippen LogP contribution in [0.15, 0.2) is 30.3 Å². The number of carbonyl (C=O) groups excluding carboxylic acids is 1. The summed E-state index contributed by atoms with van der Waals surface area (Å²) in [7, 11) is 1.92. The summed E-state index contributed by atoms with van der Waals surface area (Å²) in [5, 5.41) is 3.00. The van der Waals surface area contributed by atoms with Gasteiger partial charge in [-0.2, -0.15) is 0 Å². The molecule has 0 unspecified atom stereocenters. The lowest BCUT2D eigenvalue weighted by molar-refractivity contribution is 0.133. The van der Waals surface area contributed by atoms with Gasteiger partial charge in [-0.05, 0) is 31.2 Å². The molecular weight excluding hydrogens is 288 g/mol. The zero-order valence-electron chi connectivity index (χ0n) is 14.3. The van der Waals surface area contributed by atoms with Gasteiger partial charge in [0.25, 0.3) is 0 Å². The minimum absolute atomic E-state index is 0.0567. The number of ether oxygens (including phenoxy) is 1. The smallest absolute Gasteiger partial charge is 0.317 e. The molecule has 1 aliphatic rings. The average Bonchev–Trinajstić information content (AvgIpc) is 2.61. The summed E-state index contributed by atoms with van der Waals surface area (Å²) in [4.78, 5) is 14.0. The molecule has 1 aromatic rings. The number of nitrogens with zero attached hydrogens (tertiary/aromatic N) is 1. The van der Waals surface area contributed by atoms with Crippen LogP contribution in [0.5, 0.6) is 0 Å². The zero-order valence-corrected chi connectivity index (χ0v) is 14.3. The standard InChI is InChI=1S/C19H30N2O2/c1-21(18-11-6-3-7-12-18)19(22)20-14-8-15-23-16-13-17-9-4-2-5-10-17/h2,4-5,9-10,18H,3,6-8,11-16H2,1H3,(H,20,22). The molecule has 0 spiro atoms. The van der Waals surface area contributed by atoms with Crippen LogP contribution >= 0.6 is 0 Å². The minimum Gasteiger partial charge on any atom is -0.381 e. The topological polar surface area (TPSA) is 41.6 Å². The Balaban J connectivity index is 1.49. The summed E-state index contributed by atoms with van der Waals surface area (Å²) >= 11 is 0. The molecule has 2 amide bonds. The molecule has 23 heavy (non-hydrogen) atoms. The number of rotatable bonds is 8. The fourth-order valence-electron chi connectivity index (χ4n) is 3.07. The van der Waals surface area contributed by atoms with E-state index in [1.807, 2.05) is 30.1 Å². The quantitative estimate of drug-likeness (QED) is 0.744. The third-order valence-electron chi connectivity index (χ3n) is 4.56. The monoisotopic (exact) mass is 318 g/mol. The molecule has 0 aliphatic heterocycles. The van der Waals surface area contributed by atoms with Gasteiger partial charge in [0.15, 0.2) is 0 Å². The Bertz CT molecular complexity index is 444. The van der Waals surface area contributed by atoms with Crippen molar-refractivity contribution in [1.82, 2.24) is 10.2 Å². The Labute approximate surface area is 140 Å². The highest BCUT2D eigenvalue weighted by Crippen LogP contribution is 2.21. The first-order valence-electron chi connectivity index (χ1n) is 8.89. The highest BCUT2D eigenvalue weighted by Gasteiger charge is 2.21. The number of nitrogens with one attached hydrogen (secondary N) is 1. The Morgan fingerprint density at radius 1 is 1.17 bits per heavy atom. The molecule has 0 radical (unpaired) electrons. The zero-order chi connectivity index (χ0) is 16.3. The molecule has 0 aromatic heterocycles. The molecule has 0 atom stereocenters. The highest BCUT2D eigenvalue weighted by molar-refractivity contribution is 5.74. The van der Waals surface area contributed by atoms with E-state index in [4.69, 9.17) is 4.74 Å². The van der Waals surface area contributed by atoms with Crippen molar-refractivity contribution in [2.45, 2.75) is 51.0 Å². The Morgan fingerprint density at radius 2 is 1.91 bits per heavy atom. The van der Waals surface area contributed by atoms with Gasteiger partial charge in [-0.15, -0.1) is 0 Å². The second-order valence-electron chi connectivity index (χ2n) is 6.34. The number of hydrogen-bond acceptors (Lipinski definition) is 2. The number of benzene rings is 1.